The van der Waals surface area contributed by atoms with Crippen LogP contribution in [0, 0.1) is 11.6 Å². The van der Waals surface area contributed by atoms with E-state index in [0.717, 1.165) is 28.1 Å². The van der Waals surface area contributed by atoms with Gasteiger partial charge in [0.1, 0.15) is 17.4 Å². The predicted molar refractivity (Wildman–Crippen MR) is 103 cm³/mol. The molecule has 28 heavy (non-hydrogen) atoms. The molecule has 2 N–H and O–H groups in total. The molecule has 7 heteroatoms. The van der Waals surface area contributed by atoms with E-state index in [4.69, 9.17) is 4.74 Å². The fraction of sp³-hybridized carbons (Fsp3) is 0.143. The summed E-state index contributed by atoms with van der Waals surface area (Å²) in [4.78, 5) is 19.9. The number of hydrogen-bond acceptors (Lipinski definition) is 3. The Bertz CT molecular complexity index is 1170. The van der Waals surface area contributed by atoms with Gasteiger partial charge in [-0.25, -0.2) is 13.8 Å². The minimum absolute atomic E-state index is 0.0784. The van der Waals surface area contributed by atoms with Gasteiger partial charge in [-0.3, -0.25) is 4.79 Å². The Kier molecular flexibility index (Phi) is 4.65. The van der Waals surface area contributed by atoms with Gasteiger partial charge in [-0.05, 0) is 42.3 Å². The van der Waals surface area contributed by atoms with Gasteiger partial charge in [0.2, 0.25) is 5.91 Å². The lowest BCUT2D eigenvalue weighted by Crippen LogP contribution is -2.13. The van der Waals surface area contributed by atoms with Gasteiger partial charge >= 0.3 is 0 Å². The molecule has 5 nitrogen and oxygen atoms in total. The largest absolute Gasteiger partial charge is 0.497 e. The van der Waals surface area contributed by atoms with Gasteiger partial charge in [-0.15, -0.1) is 0 Å². The van der Waals surface area contributed by atoms with Crippen molar-refractivity contribution in [2.24, 2.45) is 0 Å². The highest BCUT2D eigenvalue weighted by Crippen LogP contribution is 2.31. The van der Waals surface area contributed by atoms with Crippen LogP contribution in [0.2, 0.25) is 0 Å². The molecule has 0 saturated carbocycles. The third-order valence-electron chi connectivity index (χ3n) is 4.55. The highest BCUT2D eigenvalue weighted by Gasteiger charge is 2.12. The van der Waals surface area contributed by atoms with Crippen LogP contribution < -0.4 is 10.1 Å². The summed E-state index contributed by atoms with van der Waals surface area (Å²) in [5, 5.41) is 4.69. The normalized spacial score (nSPS) is 11.1. The van der Waals surface area contributed by atoms with Crippen molar-refractivity contribution in [3.63, 3.8) is 0 Å². The molecule has 0 saturated heterocycles. The molecule has 0 aliphatic carbocycles. The molecule has 0 fully saturated rings. The Balaban J connectivity index is 1.56. The molecule has 2 aromatic heterocycles. The van der Waals surface area contributed by atoms with Crippen LogP contribution in [0.3, 0.4) is 0 Å². The topological polar surface area (TPSA) is 67.0 Å². The molecule has 1 amide bonds. The molecule has 4 aromatic rings. The van der Waals surface area contributed by atoms with E-state index < -0.39 is 11.6 Å². The van der Waals surface area contributed by atoms with Gasteiger partial charge in [0.15, 0.2) is 5.82 Å². The monoisotopic (exact) mass is 381 g/mol. The van der Waals surface area contributed by atoms with E-state index in [2.05, 4.69) is 15.3 Å². The van der Waals surface area contributed by atoms with Gasteiger partial charge in [0.05, 0.1) is 18.1 Å². The van der Waals surface area contributed by atoms with Crippen LogP contribution >= 0.6 is 0 Å². The number of methoxy groups -OCH3 is 1. The Morgan fingerprint density at radius 1 is 1.11 bits per heavy atom. The van der Waals surface area contributed by atoms with Crippen molar-refractivity contribution in [3.8, 4) is 5.75 Å². The molecule has 4 rings (SSSR count). The first kappa shape index (κ1) is 17.9. The summed E-state index contributed by atoms with van der Waals surface area (Å²) in [6.45, 7) is 0. The van der Waals surface area contributed by atoms with E-state index in [9.17, 15) is 13.6 Å². The molecular formula is C21H17F2N3O2. The summed E-state index contributed by atoms with van der Waals surface area (Å²) in [5.74, 6) is -0.477. The van der Waals surface area contributed by atoms with Crippen molar-refractivity contribution < 1.29 is 18.3 Å². The third kappa shape index (κ3) is 3.51. The third-order valence-corrected chi connectivity index (χ3v) is 4.55. The number of ether oxygens (including phenoxy) is 1. The van der Waals surface area contributed by atoms with Crippen molar-refractivity contribution >= 4 is 33.5 Å². The Morgan fingerprint density at radius 2 is 1.89 bits per heavy atom. The Labute approximate surface area is 159 Å². The Morgan fingerprint density at radius 3 is 2.64 bits per heavy atom. The smallest absolute Gasteiger partial charge is 0.225 e. The summed E-state index contributed by atoms with van der Waals surface area (Å²) < 4.78 is 31.8. The van der Waals surface area contributed by atoms with Crippen LogP contribution in [0.4, 0.5) is 14.6 Å². The fourth-order valence-corrected chi connectivity index (χ4v) is 3.24. The van der Waals surface area contributed by atoms with Crippen LogP contribution in [-0.4, -0.2) is 23.0 Å². The van der Waals surface area contributed by atoms with Crippen molar-refractivity contribution in [1.29, 1.82) is 0 Å². The maximum Gasteiger partial charge on any atom is 0.225 e. The number of H-pyrrole nitrogens is 1. The minimum atomic E-state index is -0.657. The van der Waals surface area contributed by atoms with Crippen molar-refractivity contribution in [3.05, 3.63) is 65.9 Å². The first-order valence-corrected chi connectivity index (χ1v) is 8.73. The number of aromatic amines is 1. The summed E-state index contributed by atoms with van der Waals surface area (Å²) in [5.41, 5.74) is 2.00. The number of aryl methyl sites for hydroxylation is 1. The molecular weight excluding hydrogens is 364 g/mol. The summed E-state index contributed by atoms with van der Waals surface area (Å²) >= 11 is 0. The number of aromatic nitrogens is 2. The van der Waals surface area contributed by atoms with Crippen LogP contribution in [0.1, 0.15) is 12.0 Å². The lowest BCUT2D eigenvalue weighted by atomic mass is 10.1. The van der Waals surface area contributed by atoms with Crippen LogP contribution in [-0.2, 0) is 11.2 Å². The van der Waals surface area contributed by atoms with Gasteiger partial charge < -0.3 is 15.0 Å². The van der Waals surface area contributed by atoms with E-state index in [0.29, 0.717) is 16.9 Å². The highest BCUT2D eigenvalue weighted by atomic mass is 19.1. The number of benzene rings is 2. The average Bonchev–Trinajstić information content (AvgIpc) is 3.04. The number of anilines is 1. The number of nitrogens with zero attached hydrogens (tertiary/aromatic N) is 1. The summed E-state index contributed by atoms with van der Waals surface area (Å²) in [6.07, 6.45) is 1.92. The first-order valence-electron chi connectivity index (χ1n) is 8.73. The quantitative estimate of drug-likeness (QED) is 0.532. The molecule has 2 aromatic carbocycles. The van der Waals surface area contributed by atoms with Crippen molar-refractivity contribution in [2.45, 2.75) is 12.8 Å². The van der Waals surface area contributed by atoms with E-state index in [-0.39, 0.29) is 18.7 Å². The molecule has 142 valence electrons. The second-order valence-corrected chi connectivity index (χ2v) is 6.44. The maximum absolute atomic E-state index is 13.3. The number of fused-ring (bicyclic) bond motifs is 3. The van der Waals surface area contributed by atoms with E-state index in [1.165, 1.54) is 12.1 Å². The van der Waals surface area contributed by atoms with Crippen LogP contribution in [0.15, 0.2) is 48.7 Å². The molecule has 0 bridgehead atoms. The molecule has 0 unspecified atom stereocenters. The number of rotatable bonds is 5. The van der Waals surface area contributed by atoms with Gasteiger partial charge in [-0.2, -0.15) is 0 Å². The van der Waals surface area contributed by atoms with Crippen molar-refractivity contribution in [1.82, 2.24) is 9.97 Å². The SMILES string of the molecule is COc1ccc2c(c1)[nH]c1c(NC(=O)CCc3cc(F)cc(F)c3)nccc12. The molecule has 0 spiro atoms. The highest BCUT2D eigenvalue weighted by molar-refractivity contribution is 6.12. The number of carbonyl (C=O) groups is 1. The maximum atomic E-state index is 13.3. The van der Waals surface area contributed by atoms with Crippen LogP contribution in [0.5, 0.6) is 5.75 Å². The Hall–Kier alpha value is -3.48. The molecule has 0 aliphatic heterocycles. The number of hydrogen-bond donors (Lipinski definition) is 2. The second-order valence-electron chi connectivity index (χ2n) is 6.44. The number of pyridine rings is 1. The minimum Gasteiger partial charge on any atom is -0.497 e. The zero-order chi connectivity index (χ0) is 19.7. The molecule has 0 radical (unpaired) electrons. The second kappa shape index (κ2) is 7.26. The summed E-state index contributed by atoms with van der Waals surface area (Å²) in [6, 6.07) is 10.8. The molecule has 0 aliphatic rings. The number of nitrogens with one attached hydrogen (secondary N) is 2. The van der Waals surface area contributed by atoms with E-state index in [1.807, 2.05) is 24.3 Å². The zero-order valence-corrected chi connectivity index (χ0v) is 15.1. The fourth-order valence-electron chi connectivity index (χ4n) is 3.24. The first-order chi connectivity index (χ1) is 13.5. The standard InChI is InChI=1S/C21H17F2N3O2/c1-28-15-3-4-16-17-6-7-24-21(20(17)25-18(16)11-15)26-19(27)5-2-12-8-13(22)10-14(23)9-12/h3-4,6-11,25H,2,5H2,1H3,(H,24,26,27). The number of amides is 1. The van der Waals surface area contributed by atoms with Crippen LogP contribution in [0.25, 0.3) is 21.8 Å². The van der Waals surface area contributed by atoms with Gasteiger partial charge in [-0.1, -0.05) is 0 Å². The number of halogens is 2. The average molecular weight is 381 g/mol. The summed E-state index contributed by atoms with van der Waals surface area (Å²) in [7, 11) is 1.60. The van der Waals surface area contributed by atoms with Gasteiger partial charge in [0, 0.05) is 35.5 Å². The predicted octanol–water partition coefficient (Wildman–Crippen LogP) is 4.57. The molecule has 0 atom stereocenters. The zero-order valence-electron chi connectivity index (χ0n) is 15.1. The number of carbonyl (C=O) groups excluding carboxylic acids is 1. The van der Waals surface area contributed by atoms with Crippen molar-refractivity contribution in [2.75, 3.05) is 12.4 Å². The van der Waals surface area contributed by atoms with E-state index >= 15 is 0 Å². The lowest BCUT2D eigenvalue weighted by Gasteiger charge is -2.06. The van der Waals surface area contributed by atoms with Gasteiger partial charge in [0.25, 0.3) is 0 Å². The lowest BCUT2D eigenvalue weighted by molar-refractivity contribution is -0.116. The molecule has 2 heterocycles. The van der Waals surface area contributed by atoms with E-state index in [1.54, 1.807) is 13.3 Å².